The second-order valence-corrected chi connectivity index (χ2v) is 7.49. The lowest BCUT2D eigenvalue weighted by Crippen LogP contribution is -2.57. The predicted molar refractivity (Wildman–Crippen MR) is 107 cm³/mol. The van der Waals surface area contributed by atoms with Crippen LogP contribution >= 0.6 is 12.4 Å². The minimum Gasteiger partial charge on any atom is -0.368 e. The van der Waals surface area contributed by atoms with Crippen molar-refractivity contribution in [3.8, 4) is 0 Å². The summed E-state index contributed by atoms with van der Waals surface area (Å²) in [6.07, 6.45) is -0.800. The van der Waals surface area contributed by atoms with Crippen molar-refractivity contribution >= 4 is 24.0 Å². The summed E-state index contributed by atoms with van der Waals surface area (Å²) in [5.41, 5.74) is -0.0415. The number of carbonyl (C=O) groups is 1. The largest absolute Gasteiger partial charge is 0.416 e. The molecule has 2 aliphatic rings. The van der Waals surface area contributed by atoms with E-state index in [-0.39, 0.29) is 30.3 Å². The molecule has 3 rings (SSSR count). The van der Waals surface area contributed by atoms with Gasteiger partial charge in [0.1, 0.15) is 0 Å². The van der Waals surface area contributed by atoms with Gasteiger partial charge >= 0.3 is 6.18 Å². The minimum absolute atomic E-state index is 0. The number of nitrogens with zero attached hydrogens (tertiary/aromatic N) is 2. The molecule has 1 aromatic rings. The maximum atomic E-state index is 13.0. The van der Waals surface area contributed by atoms with Gasteiger partial charge in [-0.25, -0.2) is 0 Å². The molecule has 1 amide bonds. The first-order chi connectivity index (χ1) is 12.9. The van der Waals surface area contributed by atoms with Gasteiger partial charge in [-0.05, 0) is 50.6 Å². The topological polar surface area (TPSA) is 35.6 Å². The second-order valence-electron chi connectivity index (χ2n) is 7.49. The van der Waals surface area contributed by atoms with Crippen LogP contribution in [-0.4, -0.2) is 49.6 Å². The van der Waals surface area contributed by atoms with Gasteiger partial charge in [-0.1, -0.05) is 19.4 Å². The van der Waals surface area contributed by atoms with Gasteiger partial charge in [0, 0.05) is 37.3 Å². The Kier molecular flexibility index (Phi) is 8.01. The summed E-state index contributed by atoms with van der Waals surface area (Å²) in [5.74, 6) is 0.296. The molecule has 0 spiro atoms. The van der Waals surface area contributed by atoms with Gasteiger partial charge in [0.05, 0.1) is 5.56 Å². The fourth-order valence-corrected chi connectivity index (χ4v) is 4.14. The van der Waals surface area contributed by atoms with Crippen LogP contribution in [0.2, 0.25) is 0 Å². The molecule has 2 heterocycles. The summed E-state index contributed by atoms with van der Waals surface area (Å²) in [7, 11) is 0. The molecule has 4 nitrogen and oxygen atoms in total. The Morgan fingerprint density at radius 2 is 1.93 bits per heavy atom. The van der Waals surface area contributed by atoms with E-state index in [0.29, 0.717) is 25.3 Å². The van der Waals surface area contributed by atoms with E-state index in [0.717, 1.165) is 44.8 Å². The highest BCUT2D eigenvalue weighted by Gasteiger charge is 2.35. The van der Waals surface area contributed by atoms with Crippen molar-refractivity contribution in [2.75, 3.05) is 37.6 Å². The lowest BCUT2D eigenvalue weighted by Gasteiger charge is -2.44. The van der Waals surface area contributed by atoms with Crippen LogP contribution in [0.25, 0.3) is 0 Å². The van der Waals surface area contributed by atoms with Crippen LogP contribution in [0, 0.1) is 5.92 Å². The third-order valence-corrected chi connectivity index (χ3v) is 5.61. The molecule has 0 radical (unpaired) electrons. The molecule has 28 heavy (non-hydrogen) atoms. The predicted octanol–water partition coefficient (Wildman–Crippen LogP) is 3.94. The number of piperazine rings is 1. The van der Waals surface area contributed by atoms with E-state index >= 15 is 0 Å². The average molecular weight is 420 g/mol. The summed E-state index contributed by atoms with van der Waals surface area (Å²) < 4.78 is 39.1. The van der Waals surface area contributed by atoms with Gasteiger partial charge in [0.2, 0.25) is 5.91 Å². The van der Waals surface area contributed by atoms with Crippen molar-refractivity contribution in [3.05, 3.63) is 29.8 Å². The van der Waals surface area contributed by atoms with Crippen molar-refractivity contribution in [3.63, 3.8) is 0 Å². The minimum atomic E-state index is -4.34. The monoisotopic (exact) mass is 419 g/mol. The normalized spacial score (nSPS) is 21.4. The zero-order valence-corrected chi connectivity index (χ0v) is 17.0. The zero-order valence-electron chi connectivity index (χ0n) is 16.2. The first-order valence-electron chi connectivity index (χ1n) is 9.83. The van der Waals surface area contributed by atoms with Gasteiger partial charge in [0.15, 0.2) is 0 Å². The van der Waals surface area contributed by atoms with Crippen molar-refractivity contribution in [2.45, 2.75) is 44.8 Å². The SMILES string of the molecule is CCCC1CN(c2cccc(C(F)(F)F)c2)CCN1C(=O)C1CCNCC1.Cl. The van der Waals surface area contributed by atoms with Crippen molar-refractivity contribution in [1.29, 1.82) is 0 Å². The third-order valence-electron chi connectivity index (χ3n) is 5.61. The van der Waals surface area contributed by atoms with Gasteiger partial charge < -0.3 is 15.1 Å². The molecule has 1 unspecified atom stereocenters. The maximum absolute atomic E-state index is 13.0. The number of hydrogen-bond acceptors (Lipinski definition) is 3. The molecule has 1 aromatic carbocycles. The van der Waals surface area contributed by atoms with Crippen LogP contribution < -0.4 is 10.2 Å². The van der Waals surface area contributed by atoms with Crippen LogP contribution in [0.4, 0.5) is 18.9 Å². The molecular weight excluding hydrogens is 391 g/mol. The van der Waals surface area contributed by atoms with Crippen molar-refractivity contribution < 1.29 is 18.0 Å². The molecule has 2 saturated heterocycles. The highest BCUT2D eigenvalue weighted by molar-refractivity contribution is 5.85. The van der Waals surface area contributed by atoms with Crippen LogP contribution in [0.1, 0.15) is 38.2 Å². The average Bonchev–Trinajstić information content (AvgIpc) is 2.68. The number of halogens is 4. The Labute approximate surface area is 170 Å². The number of hydrogen-bond donors (Lipinski definition) is 1. The molecule has 1 atom stereocenters. The number of carbonyl (C=O) groups excluding carboxylic acids is 1. The number of alkyl halides is 3. The molecule has 0 aromatic heterocycles. The number of nitrogens with one attached hydrogen (secondary N) is 1. The number of amides is 1. The molecule has 0 bridgehead atoms. The third kappa shape index (κ3) is 5.32. The van der Waals surface area contributed by atoms with E-state index in [1.807, 2.05) is 9.80 Å². The van der Waals surface area contributed by atoms with E-state index in [1.165, 1.54) is 12.1 Å². The molecule has 8 heteroatoms. The van der Waals surface area contributed by atoms with Gasteiger partial charge in [-0.3, -0.25) is 4.79 Å². The Balaban J connectivity index is 0.00000280. The van der Waals surface area contributed by atoms with E-state index < -0.39 is 11.7 Å². The van der Waals surface area contributed by atoms with Crippen LogP contribution in [0.5, 0.6) is 0 Å². The Hall–Kier alpha value is -1.47. The quantitative estimate of drug-likeness (QED) is 0.802. The van der Waals surface area contributed by atoms with E-state index in [4.69, 9.17) is 0 Å². The highest BCUT2D eigenvalue weighted by Crippen LogP contribution is 2.32. The molecular formula is C20H29ClF3N3O. The van der Waals surface area contributed by atoms with E-state index in [2.05, 4.69) is 12.2 Å². The number of anilines is 1. The fraction of sp³-hybridized carbons (Fsp3) is 0.650. The highest BCUT2D eigenvalue weighted by atomic mass is 35.5. The van der Waals surface area contributed by atoms with Crippen molar-refractivity contribution in [1.82, 2.24) is 10.2 Å². The summed E-state index contributed by atoms with van der Waals surface area (Å²) in [4.78, 5) is 17.0. The summed E-state index contributed by atoms with van der Waals surface area (Å²) in [6.45, 7) is 5.56. The van der Waals surface area contributed by atoms with Gasteiger partial charge in [-0.15, -0.1) is 12.4 Å². The van der Waals surface area contributed by atoms with Crippen LogP contribution in [0.15, 0.2) is 24.3 Å². The second kappa shape index (κ2) is 9.83. The van der Waals surface area contributed by atoms with Crippen LogP contribution in [0.3, 0.4) is 0 Å². The number of rotatable bonds is 4. The summed E-state index contributed by atoms with van der Waals surface area (Å²) in [5, 5.41) is 3.28. The first kappa shape index (κ1) is 22.8. The maximum Gasteiger partial charge on any atom is 0.416 e. The number of piperidine rings is 1. The molecule has 1 N–H and O–H groups in total. The number of benzene rings is 1. The van der Waals surface area contributed by atoms with E-state index in [1.54, 1.807) is 6.07 Å². The molecule has 0 aliphatic carbocycles. The van der Waals surface area contributed by atoms with E-state index in [9.17, 15) is 18.0 Å². The summed E-state index contributed by atoms with van der Waals surface area (Å²) in [6, 6.07) is 5.56. The van der Waals surface area contributed by atoms with Gasteiger partial charge in [-0.2, -0.15) is 13.2 Å². The smallest absolute Gasteiger partial charge is 0.368 e. The van der Waals surface area contributed by atoms with Crippen molar-refractivity contribution in [2.24, 2.45) is 5.92 Å². The van der Waals surface area contributed by atoms with Gasteiger partial charge in [0.25, 0.3) is 0 Å². The Morgan fingerprint density at radius 1 is 1.21 bits per heavy atom. The fourth-order valence-electron chi connectivity index (χ4n) is 4.14. The lowest BCUT2D eigenvalue weighted by atomic mass is 9.94. The first-order valence-corrected chi connectivity index (χ1v) is 9.83. The zero-order chi connectivity index (χ0) is 19.4. The molecule has 2 fully saturated rings. The molecule has 158 valence electrons. The Bertz CT molecular complexity index is 650. The summed E-state index contributed by atoms with van der Waals surface area (Å²) >= 11 is 0. The lowest BCUT2D eigenvalue weighted by molar-refractivity contribution is -0.139. The molecule has 0 saturated carbocycles. The Morgan fingerprint density at radius 3 is 2.57 bits per heavy atom. The van der Waals surface area contributed by atoms with Crippen LogP contribution in [-0.2, 0) is 11.0 Å². The molecule has 2 aliphatic heterocycles. The standard InChI is InChI=1S/C20H28F3N3O.ClH/c1-2-4-18-14-25(17-6-3-5-16(13-17)20(21,22)23)11-12-26(18)19(27)15-7-9-24-10-8-15;/h3,5-6,13,15,18,24H,2,4,7-12,14H2,1H3;1H.